The van der Waals surface area contributed by atoms with E-state index in [-0.39, 0.29) is 27.9 Å². The van der Waals surface area contributed by atoms with Crippen LogP contribution < -0.4 is 9.46 Å². The fraction of sp³-hybridized carbons (Fsp3) is 0.348. The highest BCUT2D eigenvalue weighted by Gasteiger charge is 2.27. The van der Waals surface area contributed by atoms with Crippen LogP contribution in [0.4, 0.5) is 4.39 Å². The number of sulfonamides is 1. The maximum Gasteiger partial charge on any atom is 0.338 e. The van der Waals surface area contributed by atoms with E-state index in [9.17, 15) is 17.6 Å². The normalized spacial score (nSPS) is 12.9. The first-order valence-corrected chi connectivity index (χ1v) is 11.8. The molecule has 34 heavy (non-hydrogen) atoms. The van der Waals surface area contributed by atoms with Gasteiger partial charge in [0.2, 0.25) is 15.8 Å². The van der Waals surface area contributed by atoms with Gasteiger partial charge < -0.3 is 14.0 Å². The Morgan fingerprint density at radius 3 is 2.50 bits per heavy atom. The molecule has 0 radical (unpaired) electrons. The summed E-state index contributed by atoms with van der Waals surface area (Å²) < 4.78 is 57.7. The molecule has 0 aliphatic carbocycles. The number of methoxy groups -OCH3 is 1. The van der Waals surface area contributed by atoms with Gasteiger partial charge in [-0.1, -0.05) is 17.3 Å². The summed E-state index contributed by atoms with van der Waals surface area (Å²) in [5.41, 5.74) is 0.133. The van der Waals surface area contributed by atoms with Gasteiger partial charge >= 0.3 is 5.97 Å². The lowest BCUT2D eigenvalue weighted by Gasteiger charge is -2.21. The summed E-state index contributed by atoms with van der Waals surface area (Å²) in [5.74, 6) is -0.991. The number of carbonyl (C=O) groups excluding carboxylic acids is 1. The Kier molecular flexibility index (Phi) is 7.08. The van der Waals surface area contributed by atoms with Crippen molar-refractivity contribution in [3.8, 4) is 17.1 Å². The first-order valence-electron chi connectivity index (χ1n) is 10.3. The highest BCUT2D eigenvalue weighted by molar-refractivity contribution is 7.89. The van der Waals surface area contributed by atoms with Crippen molar-refractivity contribution in [3.63, 3.8) is 0 Å². The highest BCUT2D eigenvalue weighted by Crippen LogP contribution is 2.28. The molecule has 3 rings (SSSR count). The van der Waals surface area contributed by atoms with Crippen LogP contribution in [0, 0.1) is 12.7 Å². The van der Waals surface area contributed by atoms with Crippen molar-refractivity contribution in [3.05, 3.63) is 59.2 Å². The lowest BCUT2D eigenvalue weighted by molar-refractivity contribution is 0.0265. The topological polar surface area (TPSA) is 121 Å². The van der Waals surface area contributed by atoms with Crippen molar-refractivity contribution in [2.24, 2.45) is 0 Å². The van der Waals surface area contributed by atoms with Gasteiger partial charge in [0.25, 0.3) is 5.89 Å². The molecular formula is C23H26FN3O6S. The molecule has 0 saturated carbocycles. The summed E-state index contributed by atoms with van der Waals surface area (Å²) in [5, 5.41) is 3.81. The number of hydrogen-bond acceptors (Lipinski definition) is 8. The molecule has 182 valence electrons. The van der Waals surface area contributed by atoms with Gasteiger partial charge in [-0.25, -0.2) is 22.3 Å². The van der Waals surface area contributed by atoms with Crippen LogP contribution in [-0.2, 0) is 14.8 Å². The number of aromatic nitrogens is 2. The first kappa shape index (κ1) is 25.3. The number of carbonyl (C=O) groups is 1. The SMILES string of the molecule is COc1ccc(C(=O)OC(C)c2nc(-c3ccc(C)c(F)c3)no2)cc1S(=O)(=O)NC(C)(C)C. The Hall–Kier alpha value is -3.31. The van der Waals surface area contributed by atoms with Crippen molar-refractivity contribution in [2.45, 2.75) is 51.2 Å². The van der Waals surface area contributed by atoms with E-state index < -0.39 is 33.5 Å². The van der Waals surface area contributed by atoms with Crippen molar-refractivity contribution in [2.75, 3.05) is 7.11 Å². The Balaban J connectivity index is 1.82. The van der Waals surface area contributed by atoms with E-state index in [1.165, 1.54) is 38.3 Å². The molecule has 1 aromatic heterocycles. The molecule has 11 heteroatoms. The van der Waals surface area contributed by atoms with Crippen LogP contribution in [0.1, 0.15) is 55.6 Å². The largest absolute Gasteiger partial charge is 0.495 e. The second-order valence-electron chi connectivity index (χ2n) is 8.69. The van der Waals surface area contributed by atoms with Gasteiger partial charge in [0.15, 0.2) is 6.10 Å². The van der Waals surface area contributed by atoms with Gasteiger partial charge in [-0.2, -0.15) is 4.98 Å². The number of esters is 1. The van der Waals surface area contributed by atoms with Gasteiger partial charge in [0, 0.05) is 11.1 Å². The smallest absolute Gasteiger partial charge is 0.338 e. The summed E-state index contributed by atoms with van der Waals surface area (Å²) in [6.07, 6.45) is -0.945. The molecule has 2 aromatic carbocycles. The number of halogens is 1. The van der Waals surface area contributed by atoms with E-state index in [0.29, 0.717) is 11.1 Å². The average Bonchev–Trinajstić information content (AvgIpc) is 3.24. The molecule has 0 aliphatic heterocycles. The minimum Gasteiger partial charge on any atom is -0.495 e. The predicted octanol–water partition coefficient (Wildman–Crippen LogP) is 4.19. The van der Waals surface area contributed by atoms with Gasteiger partial charge in [0.1, 0.15) is 16.5 Å². The maximum absolute atomic E-state index is 13.8. The minimum absolute atomic E-state index is 0.0000825. The van der Waals surface area contributed by atoms with Gasteiger partial charge in [-0.3, -0.25) is 0 Å². The molecule has 1 atom stereocenters. The molecule has 1 heterocycles. The number of rotatable bonds is 7. The molecule has 9 nitrogen and oxygen atoms in total. The summed E-state index contributed by atoms with van der Waals surface area (Å²) in [7, 11) is -2.65. The van der Waals surface area contributed by atoms with E-state index in [0.717, 1.165) is 0 Å². The molecule has 1 unspecified atom stereocenters. The van der Waals surface area contributed by atoms with Crippen LogP contribution >= 0.6 is 0 Å². The molecule has 0 spiro atoms. The zero-order valence-electron chi connectivity index (χ0n) is 19.7. The molecule has 0 saturated heterocycles. The second kappa shape index (κ2) is 9.51. The van der Waals surface area contributed by atoms with Crippen LogP contribution in [0.15, 0.2) is 45.8 Å². The van der Waals surface area contributed by atoms with Crippen molar-refractivity contribution >= 4 is 16.0 Å². The van der Waals surface area contributed by atoms with E-state index in [1.807, 2.05) is 0 Å². The first-order chi connectivity index (χ1) is 15.8. The molecule has 0 bridgehead atoms. The van der Waals surface area contributed by atoms with Gasteiger partial charge in [0.05, 0.1) is 12.7 Å². The minimum atomic E-state index is -3.99. The number of nitrogens with one attached hydrogen (secondary N) is 1. The predicted molar refractivity (Wildman–Crippen MR) is 121 cm³/mol. The molecular weight excluding hydrogens is 465 g/mol. The van der Waals surface area contributed by atoms with E-state index in [4.69, 9.17) is 14.0 Å². The molecule has 1 N–H and O–H groups in total. The molecule has 0 fully saturated rings. The third-order valence-corrected chi connectivity index (χ3v) is 6.41. The fourth-order valence-electron chi connectivity index (χ4n) is 3.00. The average molecular weight is 492 g/mol. The zero-order chi connectivity index (χ0) is 25.3. The number of nitrogens with zero attached hydrogens (tertiary/aromatic N) is 2. The van der Waals surface area contributed by atoms with Gasteiger partial charge in [-0.05, 0) is 64.4 Å². The maximum atomic E-state index is 13.8. The second-order valence-corrected chi connectivity index (χ2v) is 10.3. The molecule has 3 aromatic rings. The third kappa shape index (κ3) is 5.78. The summed E-state index contributed by atoms with van der Waals surface area (Å²) in [4.78, 5) is 16.7. The van der Waals surface area contributed by atoms with Crippen LogP contribution in [0.5, 0.6) is 5.75 Å². The standard InChI is InChI=1S/C23H26FN3O6S/c1-13-7-8-15(11-17(13)24)20-25-21(33-26-20)14(2)32-22(28)16-9-10-18(31-6)19(12-16)34(29,30)27-23(3,4)5/h7-12,14,27H,1-6H3. The van der Waals surface area contributed by atoms with Crippen LogP contribution in [-0.4, -0.2) is 37.2 Å². The molecule has 0 amide bonds. The van der Waals surface area contributed by atoms with Crippen LogP contribution in [0.25, 0.3) is 11.4 Å². The quantitative estimate of drug-likeness (QED) is 0.489. The number of aryl methyl sites for hydroxylation is 1. The monoisotopic (exact) mass is 491 g/mol. The number of hydrogen-bond donors (Lipinski definition) is 1. The lowest BCUT2D eigenvalue weighted by Crippen LogP contribution is -2.40. The van der Waals surface area contributed by atoms with E-state index in [1.54, 1.807) is 39.8 Å². The Labute approximate surface area is 197 Å². The van der Waals surface area contributed by atoms with Crippen molar-refractivity contribution in [1.82, 2.24) is 14.9 Å². The Morgan fingerprint density at radius 1 is 1.18 bits per heavy atom. The van der Waals surface area contributed by atoms with Gasteiger partial charge in [-0.15, -0.1) is 0 Å². The molecule has 0 aliphatic rings. The number of ether oxygens (including phenoxy) is 2. The third-order valence-electron chi connectivity index (χ3n) is 4.63. The van der Waals surface area contributed by atoms with E-state index in [2.05, 4.69) is 14.9 Å². The Bertz CT molecular complexity index is 1310. The highest BCUT2D eigenvalue weighted by atomic mass is 32.2. The Morgan fingerprint density at radius 2 is 1.88 bits per heavy atom. The summed E-state index contributed by atoms with van der Waals surface area (Å²) in [6, 6.07) is 8.46. The van der Waals surface area contributed by atoms with Crippen molar-refractivity contribution < 1.29 is 31.6 Å². The number of benzene rings is 2. The van der Waals surface area contributed by atoms with Crippen molar-refractivity contribution in [1.29, 1.82) is 0 Å². The summed E-state index contributed by atoms with van der Waals surface area (Å²) >= 11 is 0. The van der Waals surface area contributed by atoms with Crippen LogP contribution in [0.3, 0.4) is 0 Å². The van der Waals surface area contributed by atoms with E-state index >= 15 is 0 Å². The fourth-order valence-corrected chi connectivity index (χ4v) is 4.61. The summed E-state index contributed by atoms with van der Waals surface area (Å²) in [6.45, 7) is 8.24. The van der Waals surface area contributed by atoms with Crippen LogP contribution in [0.2, 0.25) is 0 Å². The zero-order valence-corrected chi connectivity index (χ0v) is 20.5. The lowest BCUT2D eigenvalue weighted by atomic mass is 10.1.